The number of hydrogen-bond acceptors (Lipinski definition) is 4. The Hall–Kier alpha value is -1.14. The number of benzene rings is 1. The van der Waals surface area contributed by atoms with E-state index in [1.165, 1.54) is 0 Å². The number of halogens is 1. The zero-order chi connectivity index (χ0) is 18.7. The molecule has 1 aliphatic rings. The molecule has 2 rings (SSSR count). The molecule has 3 N–H and O–H groups in total. The predicted octanol–water partition coefficient (Wildman–Crippen LogP) is 4.07. The Morgan fingerprint density at radius 3 is 2.80 bits per heavy atom. The molecular weight excluding hydrogens is 350 g/mol. The standard InChI is InChI=1S/C19H30ClN3OSi/c1-19(2,3)25(4,5)24-13-17-12-22-11-16(23-17)10-18(21)14-7-6-8-15(20)9-14/h6-10,17,22H,11-13,21H2,1-5H3. The fourth-order valence-corrected chi connectivity index (χ4v) is 3.56. The first-order chi connectivity index (χ1) is 11.6. The number of rotatable bonds is 5. The van der Waals surface area contributed by atoms with Gasteiger partial charge in [0.1, 0.15) is 0 Å². The summed E-state index contributed by atoms with van der Waals surface area (Å²) in [4.78, 5) is 4.82. The molecule has 138 valence electrons. The Bertz CT molecular complexity index is 665. The zero-order valence-electron chi connectivity index (χ0n) is 15.9. The van der Waals surface area contributed by atoms with E-state index in [1.54, 1.807) is 0 Å². The quantitative estimate of drug-likeness (QED) is 0.758. The van der Waals surface area contributed by atoms with Gasteiger partial charge in [0.15, 0.2) is 8.32 Å². The molecule has 0 radical (unpaired) electrons. The van der Waals surface area contributed by atoms with Gasteiger partial charge in [-0.1, -0.05) is 44.5 Å². The van der Waals surface area contributed by atoms with Crippen LogP contribution < -0.4 is 11.1 Å². The molecule has 0 aromatic heterocycles. The third kappa shape index (κ3) is 5.68. The highest BCUT2D eigenvalue weighted by atomic mass is 35.5. The SMILES string of the molecule is CC(C)(C)[Si](C)(C)OCC1CNCC(C=C(N)c2cccc(Cl)c2)=N1. The van der Waals surface area contributed by atoms with E-state index < -0.39 is 8.32 Å². The minimum atomic E-state index is -1.75. The van der Waals surface area contributed by atoms with E-state index in [2.05, 4.69) is 39.2 Å². The van der Waals surface area contributed by atoms with Gasteiger partial charge >= 0.3 is 0 Å². The Balaban J connectivity index is 2.06. The lowest BCUT2D eigenvalue weighted by Crippen LogP contribution is -2.45. The first-order valence-electron chi connectivity index (χ1n) is 8.73. The number of nitrogens with one attached hydrogen (secondary N) is 1. The van der Waals surface area contributed by atoms with Gasteiger partial charge in [-0.15, -0.1) is 0 Å². The van der Waals surface area contributed by atoms with Crippen molar-refractivity contribution in [2.45, 2.75) is 44.9 Å². The van der Waals surface area contributed by atoms with Crippen molar-refractivity contribution in [3.8, 4) is 0 Å². The molecule has 0 fully saturated rings. The van der Waals surface area contributed by atoms with Gasteiger partial charge in [-0.2, -0.15) is 0 Å². The van der Waals surface area contributed by atoms with Crippen molar-refractivity contribution in [3.05, 3.63) is 40.9 Å². The number of nitrogens with two attached hydrogens (primary N) is 1. The van der Waals surface area contributed by atoms with Gasteiger partial charge in [-0.3, -0.25) is 4.99 Å². The van der Waals surface area contributed by atoms with Crippen molar-refractivity contribution in [3.63, 3.8) is 0 Å². The van der Waals surface area contributed by atoms with Gasteiger partial charge in [-0.05, 0) is 41.9 Å². The van der Waals surface area contributed by atoms with Crippen molar-refractivity contribution in [2.24, 2.45) is 10.7 Å². The minimum absolute atomic E-state index is 0.126. The summed E-state index contributed by atoms with van der Waals surface area (Å²) in [7, 11) is -1.75. The van der Waals surface area contributed by atoms with Gasteiger partial charge in [0, 0.05) is 23.8 Å². The maximum Gasteiger partial charge on any atom is 0.192 e. The van der Waals surface area contributed by atoms with E-state index in [9.17, 15) is 0 Å². The van der Waals surface area contributed by atoms with Crippen LogP contribution in [0.15, 0.2) is 35.3 Å². The molecule has 0 bridgehead atoms. The second kappa shape index (κ2) is 8.04. The second-order valence-electron chi connectivity index (χ2n) is 8.09. The van der Waals surface area contributed by atoms with Crippen molar-refractivity contribution in [1.82, 2.24) is 5.32 Å². The number of nitrogens with zero attached hydrogens (tertiary/aromatic N) is 1. The maximum atomic E-state index is 6.31. The summed E-state index contributed by atoms with van der Waals surface area (Å²) in [5, 5.41) is 4.29. The van der Waals surface area contributed by atoms with E-state index in [1.807, 2.05) is 30.3 Å². The van der Waals surface area contributed by atoms with E-state index >= 15 is 0 Å². The minimum Gasteiger partial charge on any atom is -0.415 e. The van der Waals surface area contributed by atoms with Crippen LogP contribution in [0.5, 0.6) is 0 Å². The van der Waals surface area contributed by atoms with Gasteiger partial charge in [-0.25, -0.2) is 0 Å². The molecule has 1 aromatic rings. The first kappa shape index (κ1) is 20.2. The Morgan fingerprint density at radius 1 is 1.44 bits per heavy atom. The molecule has 6 heteroatoms. The summed E-state index contributed by atoms with van der Waals surface area (Å²) in [5.74, 6) is 0. The van der Waals surface area contributed by atoms with Crippen LogP contribution in [0, 0.1) is 0 Å². The highest BCUT2D eigenvalue weighted by Crippen LogP contribution is 2.36. The molecule has 0 saturated heterocycles. The van der Waals surface area contributed by atoms with Crippen molar-refractivity contribution >= 4 is 31.3 Å². The predicted molar refractivity (Wildman–Crippen MR) is 111 cm³/mol. The maximum absolute atomic E-state index is 6.31. The van der Waals surface area contributed by atoms with Crippen LogP contribution in [-0.2, 0) is 4.43 Å². The fourth-order valence-electron chi connectivity index (χ4n) is 2.33. The summed E-state index contributed by atoms with van der Waals surface area (Å²) in [6.07, 6.45) is 1.93. The summed E-state index contributed by atoms with van der Waals surface area (Å²) in [5.41, 5.74) is 8.75. The van der Waals surface area contributed by atoms with E-state index in [0.717, 1.165) is 24.4 Å². The Labute approximate surface area is 157 Å². The highest BCUT2D eigenvalue weighted by Gasteiger charge is 2.37. The highest BCUT2D eigenvalue weighted by molar-refractivity contribution is 6.74. The van der Waals surface area contributed by atoms with Crippen LogP contribution in [0.3, 0.4) is 0 Å². The topological polar surface area (TPSA) is 59.6 Å². The molecule has 1 unspecified atom stereocenters. The van der Waals surface area contributed by atoms with Crippen LogP contribution in [0.25, 0.3) is 5.70 Å². The van der Waals surface area contributed by atoms with Crippen molar-refractivity contribution in [2.75, 3.05) is 19.7 Å². The molecule has 1 heterocycles. The third-order valence-electron chi connectivity index (χ3n) is 4.96. The Morgan fingerprint density at radius 2 is 2.16 bits per heavy atom. The Kier molecular flexibility index (Phi) is 6.49. The van der Waals surface area contributed by atoms with E-state index in [4.69, 9.17) is 26.8 Å². The summed E-state index contributed by atoms with van der Waals surface area (Å²) < 4.78 is 6.31. The summed E-state index contributed by atoms with van der Waals surface area (Å²) in [6, 6.07) is 7.68. The largest absolute Gasteiger partial charge is 0.415 e. The monoisotopic (exact) mass is 379 g/mol. The van der Waals surface area contributed by atoms with Gasteiger partial charge in [0.25, 0.3) is 0 Å². The van der Waals surface area contributed by atoms with Gasteiger partial charge < -0.3 is 15.5 Å². The van der Waals surface area contributed by atoms with Crippen LogP contribution in [0.2, 0.25) is 23.2 Å². The molecule has 0 saturated carbocycles. The smallest absolute Gasteiger partial charge is 0.192 e. The molecule has 0 aliphatic carbocycles. The molecule has 4 nitrogen and oxygen atoms in total. The summed E-state index contributed by atoms with van der Waals surface area (Å²) >= 11 is 6.04. The van der Waals surface area contributed by atoms with Crippen molar-refractivity contribution in [1.29, 1.82) is 0 Å². The third-order valence-corrected chi connectivity index (χ3v) is 9.69. The fraction of sp³-hybridized carbons (Fsp3) is 0.526. The van der Waals surface area contributed by atoms with Crippen LogP contribution in [0.1, 0.15) is 26.3 Å². The lowest BCUT2D eigenvalue weighted by molar-refractivity contribution is 0.259. The van der Waals surface area contributed by atoms with Gasteiger partial charge in [0.2, 0.25) is 0 Å². The van der Waals surface area contributed by atoms with Crippen molar-refractivity contribution < 1.29 is 4.43 Å². The normalized spacial score (nSPS) is 19.7. The molecule has 1 aliphatic heterocycles. The number of hydrogen-bond donors (Lipinski definition) is 2. The van der Waals surface area contributed by atoms with Gasteiger partial charge in [0.05, 0.1) is 18.4 Å². The molecule has 1 aromatic carbocycles. The molecule has 0 amide bonds. The molecule has 25 heavy (non-hydrogen) atoms. The molecule has 0 spiro atoms. The lowest BCUT2D eigenvalue weighted by atomic mass is 10.1. The average molecular weight is 380 g/mol. The van der Waals surface area contributed by atoms with E-state index in [-0.39, 0.29) is 11.1 Å². The summed E-state index contributed by atoms with van der Waals surface area (Å²) in [6.45, 7) is 13.5. The zero-order valence-corrected chi connectivity index (χ0v) is 17.7. The second-order valence-corrected chi connectivity index (χ2v) is 13.3. The first-order valence-corrected chi connectivity index (χ1v) is 12.0. The van der Waals surface area contributed by atoms with Crippen LogP contribution in [0.4, 0.5) is 0 Å². The number of aliphatic imine (C=N–C) groups is 1. The molecular formula is C19H30ClN3OSi. The molecule has 1 atom stereocenters. The van der Waals surface area contributed by atoms with E-state index in [0.29, 0.717) is 17.3 Å². The van der Waals surface area contributed by atoms with Crippen LogP contribution in [-0.4, -0.2) is 39.8 Å². The average Bonchev–Trinajstić information content (AvgIpc) is 2.52. The lowest BCUT2D eigenvalue weighted by Gasteiger charge is -2.37. The van der Waals surface area contributed by atoms with Crippen LogP contribution >= 0.6 is 11.6 Å².